The first-order valence-electron chi connectivity index (χ1n) is 8.44. The van der Waals surface area contributed by atoms with E-state index in [1.165, 1.54) is 0 Å². The first kappa shape index (κ1) is 15.8. The summed E-state index contributed by atoms with van der Waals surface area (Å²) in [5.41, 5.74) is 0.994. The lowest BCUT2D eigenvalue weighted by Crippen LogP contribution is -2.51. The van der Waals surface area contributed by atoms with Crippen molar-refractivity contribution in [2.75, 3.05) is 33.0 Å². The Labute approximate surface area is 146 Å². The zero-order valence-electron chi connectivity index (χ0n) is 13.9. The van der Waals surface area contributed by atoms with E-state index < -0.39 is 0 Å². The first-order chi connectivity index (χ1) is 12.3. The van der Waals surface area contributed by atoms with Gasteiger partial charge in [0.05, 0.1) is 12.8 Å². The van der Waals surface area contributed by atoms with Crippen molar-refractivity contribution in [3.8, 4) is 11.5 Å². The fourth-order valence-electron chi connectivity index (χ4n) is 3.07. The third-order valence-electron chi connectivity index (χ3n) is 4.50. The molecule has 1 N–H and O–H groups in total. The highest BCUT2D eigenvalue weighted by Crippen LogP contribution is 2.32. The number of amides is 2. The molecule has 0 saturated carbocycles. The van der Waals surface area contributed by atoms with E-state index in [-0.39, 0.29) is 12.8 Å². The van der Waals surface area contributed by atoms with Crippen molar-refractivity contribution in [2.45, 2.75) is 13.1 Å². The highest BCUT2D eigenvalue weighted by atomic mass is 16.7. The number of urea groups is 1. The molecule has 132 valence electrons. The van der Waals surface area contributed by atoms with Crippen LogP contribution in [0, 0.1) is 0 Å². The van der Waals surface area contributed by atoms with E-state index >= 15 is 0 Å². The fraction of sp³-hybridized carbons (Fsp3) is 0.389. The van der Waals surface area contributed by atoms with Gasteiger partial charge in [0.25, 0.3) is 0 Å². The number of rotatable bonds is 4. The van der Waals surface area contributed by atoms with E-state index in [4.69, 9.17) is 13.9 Å². The molecule has 7 heteroatoms. The number of ether oxygens (including phenoxy) is 2. The summed E-state index contributed by atoms with van der Waals surface area (Å²) in [6, 6.07) is 9.56. The fourth-order valence-corrected chi connectivity index (χ4v) is 3.07. The van der Waals surface area contributed by atoms with Crippen molar-refractivity contribution in [2.24, 2.45) is 0 Å². The molecule has 0 aliphatic carbocycles. The third-order valence-corrected chi connectivity index (χ3v) is 4.50. The summed E-state index contributed by atoms with van der Waals surface area (Å²) in [5, 5.41) is 2.97. The van der Waals surface area contributed by atoms with Crippen LogP contribution in [-0.2, 0) is 13.1 Å². The molecule has 2 amide bonds. The second-order valence-corrected chi connectivity index (χ2v) is 6.19. The van der Waals surface area contributed by atoms with Gasteiger partial charge in [0.1, 0.15) is 5.76 Å². The molecule has 0 spiro atoms. The first-order valence-corrected chi connectivity index (χ1v) is 8.44. The quantitative estimate of drug-likeness (QED) is 0.920. The maximum absolute atomic E-state index is 12.4. The van der Waals surface area contributed by atoms with Crippen LogP contribution in [0.2, 0.25) is 0 Å². The van der Waals surface area contributed by atoms with Crippen molar-refractivity contribution >= 4 is 6.03 Å². The summed E-state index contributed by atoms with van der Waals surface area (Å²) in [6.45, 7) is 4.65. The van der Waals surface area contributed by atoms with E-state index in [0.717, 1.165) is 42.5 Å². The molecule has 1 fully saturated rings. The molecule has 25 heavy (non-hydrogen) atoms. The van der Waals surface area contributed by atoms with Crippen LogP contribution >= 0.6 is 0 Å². The van der Waals surface area contributed by atoms with Gasteiger partial charge in [-0.25, -0.2) is 4.79 Å². The van der Waals surface area contributed by atoms with E-state index in [1.807, 2.05) is 35.2 Å². The Bertz CT molecular complexity index is 724. The smallest absolute Gasteiger partial charge is 0.317 e. The Balaban J connectivity index is 1.24. The van der Waals surface area contributed by atoms with Crippen LogP contribution in [0.4, 0.5) is 4.79 Å². The molecule has 2 aliphatic heterocycles. The lowest BCUT2D eigenvalue weighted by molar-refractivity contribution is 0.130. The van der Waals surface area contributed by atoms with Gasteiger partial charge in [0.2, 0.25) is 6.79 Å². The summed E-state index contributed by atoms with van der Waals surface area (Å²) in [4.78, 5) is 16.5. The number of carbonyl (C=O) groups excluding carboxylic acids is 1. The minimum absolute atomic E-state index is 0.0321. The van der Waals surface area contributed by atoms with Gasteiger partial charge in [0.15, 0.2) is 11.5 Å². The van der Waals surface area contributed by atoms with Crippen molar-refractivity contribution in [1.29, 1.82) is 0 Å². The number of carbonyl (C=O) groups is 1. The number of hydrogen-bond donors (Lipinski definition) is 1. The Kier molecular flexibility index (Phi) is 4.47. The summed E-state index contributed by atoms with van der Waals surface area (Å²) >= 11 is 0. The van der Waals surface area contributed by atoms with E-state index in [1.54, 1.807) is 6.26 Å². The molecule has 1 saturated heterocycles. The van der Waals surface area contributed by atoms with Crippen LogP contribution in [0.1, 0.15) is 11.3 Å². The maximum atomic E-state index is 12.4. The molecule has 3 heterocycles. The van der Waals surface area contributed by atoms with Gasteiger partial charge >= 0.3 is 6.03 Å². The highest BCUT2D eigenvalue weighted by molar-refractivity contribution is 5.74. The topological polar surface area (TPSA) is 67.2 Å². The molecule has 0 unspecified atom stereocenters. The molecule has 2 aliphatic rings. The van der Waals surface area contributed by atoms with E-state index in [2.05, 4.69) is 10.2 Å². The number of furan rings is 1. The SMILES string of the molecule is O=C(NCc1ccc2c(c1)OCO2)N1CCN(Cc2ccco2)CC1. The number of hydrogen-bond acceptors (Lipinski definition) is 5. The molecular weight excluding hydrogens is 322 g/mol. The Hall–Kier alpha value is -2.67. The summed E-state index contributed by atoms with van der Waals surface area (Å²) in [5.74, 6) is 2.45. The monoisotopic (exact) mass is 343 g/mol. The van der Waals surface area contributed by atoms with Crippen LogP contribution in [-0.4, -0.2) is 48.8 Å². The lowest BCUT2D eigenvalue weighted by Gasteiger charge is -2.34. The molecule has 0 radical (unpaired) electrons. The van der Waals surface area contributed by atoms with Crippen molar-refractivity contribution in [1.82, 2.24) is 15.1 Å². The van der Waals surface area contributed by atoms with Crippen LogP contribution in [0.25, 0.3) is 0 Å². The minimum Gasteiger partial charge on any atom is -0.468 e. The standard InChI is InChI=1S/C18H21N3O4/c22-18(19-11-14-3-4-16-17(10-14)25-13-24-16)21-7-5-20(6-8-21)12-15-2-1-9-23-15/h1-4,9-10H,5-8,11-13H2,(H,19,22). The van der Waals surface area contributed by atoms with E-state index in [9.17, 15) is 4.79 Å². The van der Waals surface area contributed by atoms with Gasteiger partial charge in [0, 0.05) is 32.7 Å². The largest absolute Gasteiger partial charge is 0.468 e. The Morgan fingerprint density at radius 3 is 2.72 bits per heavy atom. The van der Waals surface area contributed by atoms with Gasteiger partial charge in [-0.2, -0.15) is 0 Å². The van der Waals surface area contributed by atoms with Crippen LogP contribution < -0.4 is 14.8 Å². The number of fused-ring (bicyclic) bond motifs is 1. The number of nitrogens with one attached hydrogen (secondary N) is 1. The molecule has 7 nitrogen and oxygen atoms in total. The minimum atomic E-state index is -0.0321. The summed E-state index contributed by atoms with van der Waals surface area (Å²) in [6.07, 6.45) is 1.69. The second-order valence-electron chi connectivity index (χ2n) is 6.19. The van der Waals surface area contributed by atoms with Gasteiger partial charge < -0.3 is 24.1 Å². The molecule has 1 aromatic carbocycles. The van der Waals surface area contributed by atoms with Crippen LogP contribution in [0.3, 0.4) is 0 Å². The van der Waals surface area contributed by atoms with Gasteiger partial charge in [-0.3, -0.25) is 4.90 Å². The lowest BCUT2D eigenvalue weighted by atomic mass is 10.2. The number of piperazine rings is 1. The van der Waals surface area contributed by atoms with Gasteiger partial charge in [-0.15, -0.1) is 0 Å². The maximum Gasteiger partial charge on any atom is 0.317 e. The predicted octanol–water partition coefficient (Wildman–Crippen LogP) is 2.04. The van der Waals surface area contributed by atoms with E-state index in [0.29, 0.717) is 19.6 Å². The summed E-state index contributed by atoms with van der Waals surface area (Å²) < 4.78 is 16.0. The average molecular weight is 343 g/mol. The molecular formula is C18H21N3O4. The highest BCUT2D eigenvalue weighted by Gasteiger charge is 2.21. The third kappa shape index (κ3) is 3.71. The second kappa shape index (κ2) is 7.06. The van der Waals surface area contributed by atoms with Crippen molar-refractivity contribution in [3.63, 3.8) is 0 Å². The zero-order chi connectivity index (χ0) is 17.1. The van der Waals surface area contributed by atoms with Gasteiger partial charge in [-0.05, 0) is 29.8 Å². The zero-order valence-corrected chi connectivity index (χ0v) is 13.9. The van der Waals surface area contributed by atoms with Crippen molar-refractivity contribution < 1.29 is 18.7 Å². The number of nitrogens with zero attached hydrogens (tertiary/aromatic N) is 2. The average Bonchev–Trinajstić information content (AvgIpc) is 3.31. The number of benzene rings is 1. The van der Waals surface area contributed by atoms with Crippen LogP contribution in [0.5, 0.6) is 11.5 Å². The predicted molar refractivity (Wildman–Crippen MR) is 90.4 cm³/mol. The summed E-state index contributed by atoms with van der Waals surface area (Å²) in [7, 11) is 0. The molecule has 4 rings (SSSR count). The van der Waals surface area contributed by atoms with Crippen LogP contribution in [0.15, 0.2) is 41.0 Å². The normalized spacial score (nSPS) is 16.9. The molecule has 0 bridgehead atoms. The van der Waals surface area contributed by atoms with Gasteiger partial charge in [-0.1, -0.05) is 6.07 Å². The molecule has 1 aromatic heterocycles. The van der Waals surface area contributed by atoms with Crippen molar-refractivity contribution in [3.05, 3.63) is 47.9 Å². The molecule has 2 aromatic rings. The Morgan fingerprint density at radius 2 is 1.92 bits per heavy atom. The Morgan fingerprint density at radius 1 is 1.08 bits per heavy atom. The molecule has 0 atom stereocenters.